The monoisotopic (exact) mass is 359 g/mol. The fraction of sp³-hybridized carbons (Fsp3) is 0.111. The summed E-state index contributed by atoms with van der Waals surface area (Å²) in [5.41, 5.74) is 1.53. The van der Waals surface area contributed by atoms with E-state index in [0.717, 1.165) is 0 Å². The molecule has 1 aromatic heterocycles. The summed E-state index contributed by atoms with van der Waals surface area (Å²) in [6.07, 6.45) is 1.65. The number of aromatic nitrogens is 2. The number of nitrogens with zero attached hydrogens (tertiary/aromatic N) is 2. The van der Waals surface area contributed by atoms with E-state index in [1.807, 2.05) is 0 Å². The van der Waals surface area contributed by atoms with Gasteiger partial charge in [-0.25, -0.2) is 13.5 Å². The lowest BCUT2D eigenvalue weighted by Gasteiger charge is -2.24. The van der Waals surface area contributed by atoms with Crippen molar-refractivity contribution < 1.29 is 13.6 Å². The highest BCUT2D eigenvalue weighted by Gasteiger charge is 2.33. The molecule has 2 heterocycles. The van der Waals surface area contributed by atoms with Crippen LogP contribution in [0.25, 0.3) is 5.69 Å². The molecule has 0 spiro atoms. The van der Waals surface area contributed by atoms with Gasteiger partial charge in [-0.15, -0.1) is 0 Å². The number of amides is 1. The van der Waals surface area contributed by atoms with Crippen LogP contribution in [0.5, 0.6) is 0 Å². The molecular weight excluding hydrogens is 348 g/mol. The Bertz CT molecular complexity index is 949. The first kappa shape index (κ1) is 15.8. The van der Waals surface area contributed by atoms with Crippen LogP contribution in [0, 0.1) is 11.6 Å². The zero-order valence-electron chi connectivity index (χ0n) is 12.8. The molecule has 0 saturated carbocycles. The highest BCUT2D eigenvalue weighted by Crippen LogP contribution is 2.41. The Morgan fingerprint density at radius 2 is 1.92 bits per heavy atom. The molecule has 3 aromatic rings. The molecule has 7 heteroatoms. The lowest BCUT2D eigenvalue weighted by atomic mass is 9.87. The van der Waals surface area contributed by atoms with Crippen molar-refractivity contribution in [1.82, 2.24) is 9.78 Å². The van der Waals surface area contributed by atoms with Gasteiger partial charge < -0.3 is 5.32 Å². The molecule has 0 unspecified atom stereocenters. The third kappa shape index (κ3) is 2.68. The van der Waals surface area contributed by atoms with Crippen LogP contribution >= 0.6 is 11.6 Å². The molecule has 0 fully saturated rings. The third-order valence-electron chi connectivity index (χ3n) is 4.24. The van der Waals surface area contributed by atoms with Gasteiger partial charge in [0.25, 0.3) is 0 Å². The number of hydrogen-bond donors (Lipinski definition) is 1. The average Bonchev–Trinajstić information content (AvgIpc) is 2.99. The predicted molar refractivity (Wildman–Crippen MR) is 90.0 cm³/mol. The second-order valence-electron chi connectivity index (χ2n) is 5.78. The summed E-state index contributed by atoms with van der Waals surface area (Å²) >= 11 is 6.18. The first-order valence-corrected chi connectivity index (χ1v) is 8.00. The topological polar surface area (TPSA) is 46.9 Å². The molecule has 1 atom stereocenters. The zero-order valence-corrected chi connectivity index (χ0v) is 13.6. The standard InChI is InChI=1S/C18H12ClF2N3O/c19-14-2-1-3-15(21)17(14)12-8-16(25)23-18-13(12)9-22-24(18)11-6-4-10(20)5-7-11/h1-7,9,12H,8H2,(H,23,25)/t12-/m1/s1. The van der Waals surface area contributed by atoms with Gasteiger partial charge in [-0.2, -0.15) is 5.10 Å². The molecule has 4 nitrogen and oxygen atoms in total. The summed E-state index contributed by atoms with van der Waals surface area (Å²) in [5.74, 6) is -1.20. The Balaban J connectivity index is 1.86. The number of carbonyl (C=O) groups is 1. The summed E-state index contributed by atoms with van der Waals surface area (Å²) in [6.45, 7) is 0. The Morgan fingerprint density at radius 1 is 1.16 bits per heavy atom. The second kappa shape index (κ2) is 5.97. The SMILES string of the molecule is O=C1C[C@@H](c2c(F)cccc2Cl)c2cnn(-c3ccc(F)cc3)c2N1. The van der Waals surface area contributed by atoms with Crippen LogP contribution in [-0.2, 0) is 4.79 Å². The van der Waals surface area contributed by atoms with Gasteiger partial charge in [0.2, 0.25) is 5.91 Å². The van der Waals surface area contributed by atoms with E-state index in [2.05, 4.69) is 10.4 Å². The molecule has 4 rings (SSSR count). The maximum atomic E-state index is 14.3. The van der Waals surface area contributed by atoms with Crippen LogP contribution in [0.1, 0.15) is 23.5 Å². The second-order valence-corrected chi connectivity index (χ2v) is 6.18. The number of anilines is 1. The lowest BCUT2D eigenvalue weighted by Crippen LogP contribution is -2.25. The van der Waals surface area contributed by atoms with E-state index in [9.17, 15) is 13.6 Å². The molecule has 0 saturated heterocycles. The van der Waals surface area contributed by atoms with E-state index in [-0.39, 0.29) is 28.7 Å². The van der Waals surface area contributed by atoms with E-state index >= 15 is 0 Å². The molecule has 1 amide bonds. The molecule has 0 bridgehead atoms. The quantitative estimate of drug-likeness (QED) is 0.742. The number of halogens is 3. The molecule has 1 aliphatic heterocycles. The van der Waals surface area contributed by atoms with Crippen LogP contribution in [0.3, 0.4) is 0 Å². The highest BCUT2D eigenvalue weighted by atomic mass is 35.5. The first-order chi connectivity index (χ1) is 12.0. The lowest BCUT2D eigenvalue weighted by molar-refractivity contribution is -0.116. The van der Waals surface area contributed by atoms with Crippen molar-refractivity contribution in [2.75, 3.05) is 5.32 Å². The van der Waals surface area contributed by atoms with Crippen LogP contribution in [-0.4, -0.2) is 15.7 Å². The Kier molecular flexibility index (Phi) is 3.77. The van der Waals surface area contributed by atoms with Gasteiger partial charge in [0.1, 0.15) is 17.5 Å². The number of hydrogen-bond acceptors (Lipinski definition) is 2. The minimum absolute atomic E-state index is 0.0722. The predicted octanol–water partition coefficient (Wildman–Crippen LogP) is 4.28. The molecule has 1 N–H and O–H groups in total. The third-order valence-corrected chi connectivity index (χ3v) is 4.57. The Labute approximate surface area is 147 Å². The van der Waals surface area contributed by atoms with Gasteiger partial charge in [-0.3, -0.25) is 4.79 Å². The maximum Gasteiger partial charge on any atom is 0.226 e. The minimum Gasteiger partial charge on any atom is -0.310 e. The molecule has 25 heavy (non-hydrogen) atoms. The molecule has 0 radical (unpaired) electrons. The van der Waals surface area contributed by atoms with E-state index in [1.54, 1.807) is 24.4 Å². The average molecular weight is 360 g/mol. The molecule has 126 valence electrons. The van der Waals surface area contributed by atoms with Crippen molar-refractivity contribution in [3.05, 3.63) is 76.4 Å². The summed E-state index contributed by atoms with van der Waals surface area (Å²) in [5, 5.41) is 7.31. The van der Waals surface area contributed by atoms with Gasteiger partial charge >= 0.3 is 0 Å². The Morgan fingerprint density at radius 3 is 2.64 bits per heavy atom. The van der Waals surface area contributed by atoms with Crippen molar-refractivity contribution in [3.63, 3.8) is 0 Å². The summed E-state index contributed by atoms with van der Waals surface area (Å²) in [7, 11) is 0. The molecule has 1 aliphatic rings. The number of rotatable bonds is 2. The highest BCUT2D eigenvalue weighted by molar-refractivity contribution is 6.31. The normalized spacial score (nSPS) is 16.4. The van der Waals surface area contributed by atoms with Crippen LogP contribution in [0.2, 0.25) is 5.02 Å². The van der Waals surface area contributed by atoms with E-state index in [4.69, 9.17) is 11.6 Å². The van der Waals surface area contributed by atoms with Gasteiger partial charge in [0.15, 0.2) is 0 Å². The largest absolute Gasteiger partial charge is 0.310 e. The van der Waals surface area contributed by atoms with E-state index in [1.165, 1.54) is 28.9 Å². The van der Waals surface area contributed by atoms with Crippen molar-refractivity contribution in [2.24, 2.45) is 0 Å². The Hall–Kier alpha value is -2.73. The maximum absolute atomic E-state index is 14.3. The number of fused-ring (bicyclic) bond motifs is 1. The van der Waals surface area contributed by atoms with Gasteiger partial charge in [-0.1, -0.05) is 17.7 Å². The van der Waals surface area contributed by atoms with Crippen molar-refractivity contribution in [2.45, 2.75) is 12.3 Å². The minimum atomic E-state index is -0.536. The van der Waals surface area contributed by atoms with E-state index in [0.29, 0.717) is 17.1 Å². The molecule has 2 aromatic carbocycles. The van der Waals surface area contributed by atoms with Gasteiger partial charge in [0.05, 0.1) is 11.9 Å². The van der Waals surface area contributed by atoms with Crippen LogP contribution in [0.4, 0.5) is 14.6 Å². The smallest absolute Gasteiger partial charge is 0.226 e. The number of benzene rings is 2. The van der Waals surface area contributed by atoms with Crippen molar-refractivity contribution in [1.29, 1.82) is 0 Å². The van der Waals surface area contributed by atoms with Crippen molar-refractivity contribution >= 4 is 23.3 Å². The fourth-order valence-corrected chi connectivity index (χ4v) is 3.39. The molecular formula is C18H12ClF2N3O. The summed E-state index contributed by atoms with van der Waals surface area (Å²) in [6, 6.07) is 10.1. The number of nitrogens with one attached hydrogen (secondary N) is 1. The van der Waals surface area contributed by atoms with Gasteiger partial charge in [-0.05, 0) is 36.4 Å². The van der Waals surface area contributed by atoms with E-state index < -0.39 is 11.7 Å². The van der Waals surface area contributed by atoms with Crippen LogP contribution in [0.15, 0.2) is 48.7 Å². The fourth-order valence-electron chi connectivity index (χ4n) is 3.10. The zero-order chi connectivity index (χ0) is 17.6. The van der Waals surface area contributed by atoms with Crippen LogP contribution < -0.4 is 5.32 Å². The summed E-state index contributed by atoms with van der Waals surface area (Å²) < 4.78 is 29.0. The first-order valence-electron chi connectivity index (χ1n) is 7.62. The molecule has 0 aliphatic carbocycles. The van der Waals surface area contributed by atoms with Crippen molar-refractivity contribution in [3.8, 4) is 5.69 Å². The summed E-state index contributed by atoms with van der Waals surface area (Å²) in [4.78, 5) is 12.2. The number of carbonyl (C=O) groups excluding carboxylic acids is 1. The van der Waals surface area contributed by atoms with Gasteiger partial charge in [0, 0.05) is 28.5 Å².